The minimum absolute atomic E-state index is 0.0888. The summed E-state index contributed by atoms with van der Waals surface area (Å²) in [7, 11) is 0. The standard InChI is InChI=1S/C17H12BrClN4O3/c18-12-7-10(19)6-11-14(12)21-17(26)15(11)23-22-13(24)8-20-16(25)9-4-2-1-3-5-9/h1-7,21,26H,8H2,(H,20,25). The number of aromatic hydroxyl groups is 1. The summed E-state index contributed by atoms with van der Waals surface area (Å²) >= 11 is 9.32. The number of aromatic nitrogens is 1. The number of fused-ring (bicyclic) bond motifs is 1. The van der Waals surface area contributed by atoms with Crippen LogP contribution in [0.15, 0.2) is 57.2 Å². The average Bonchev–Trinajstić information content (AvgIpc) is 2.94. The van der Waals surface area contributed by atoms with Gasteiger partial charge in [0.1, 0.15) is 6.54 Å². The van der Waals surface area contributed by atoms with E-state index >= 15 is 0 Å². The predicted molar refractivity (Wildman–Crippen MR) is 101 cm³/mol. The number of aromatic amines is 1. The molecule has 0 saturated heterocycles. The summed E-state index contributed by atoms with van der Waals surface area (Å²) in [5.74, 6) is -1.29. The van der Waals surface area contributed by atoms with E-state index in [0.29, 0.717) is 26.0 Å². The zero-order valence-corrected chi connectivity index (χ0v) is 15.5. The number of azo groups is 1. The van der Waals surface area contributed by atoms with Gasteiger partial charge in [0.15, 0.2) is 5.69 Å². The van der Waals surface area contributed by atoms with Crippen LogP contribution in [-0.2, 0) is 4.79 Å². The first-order chi connectivity index (χ1) is 12.5. The number of carbonyl (C=O) groups is 2. The first kappa shape index (κ1) is 18.1. The molecule has 3 N–H and O–H groups in total. The fourth-order valence-electron chi connectivity index (χ4n) is 2.28. The molecule has 2 aromatic carbocycles. The van der Waals surface area contributed by atoms with Gasteiger partial charge < -0.3 is 15.4 Å². The Morgan fingerprint density at radius 2 is 1.96 bits per heavy atom. The lowest BCUT2D eigenvalue weighted by Crippen LogP contribution is -2.28. The second-order valence-corrected chi connectivity index (χ2v) is 6.57. The van der Waals surface area contributed by atoms with Crippen molar-refractivity contribution < 1.29 is 14.7 Å². The summed E-state index contributed by atoms with van der Waals surface area (Å²) in [5.41, 5.74) is 1.10. The Bertz CT molecular complexity index is 1020. The Labute approximate surface area is 161 Å². The Balaban J connectivity index is 1.72. The molecule has 26 heavy (non-hydrogen) atoms. The smallest absolute Gasteiger partial charge is 0.283 e. The lowest BCUT2D eigenvalue weighted by molar-refractivity contribution is -0.117. The minimum atomic E-state index is -0.663. The first-order valence-electron chi connectivity index (χ1n) is 7.43. The molecule has 3 rings (SSSR count). The van der Waals surface area contributed by atoms with E-state index in [1.807, 2.05) is 0 Å². The van der Waals surface area contributed by atoms with Crippen LogP contribution in [0.4, 0.5) is 5.69 Å². The number of carbonyl (C=O) groups excluding carboxylic acids is 2. The largest absolute Gasteiger partial charge is 0.493 e. The maximum absolute atomic E-state index is 11.9. The number of halogens is 2. The maximum Gasteiger partial charge on any atom is 0.283 e. The molecule has 9 heteroatoms. The Kier molecular flexibility index (Phi) is 5.34. The molecule has 0 spiro atoms. The second-order valence-electron chi connectivity index (χ2n) is 5.27. The normalized spacial score (nSPS) is 11.2. The molecule has 0 aliphatic rings. The van der Waals surface area contributed by atoms with Crippen LogP contribution in [0, 0.1) is 0 Å². The summed E-state index contributed by atoms with van der Waals surface area (Å²) in [5, 5.41) is 20.7. The van der Waals surface area contributed by atoms with E-state index in [9.17, 15) is 14.7 Å². The van der Waals surface area contributed by atoms with E-state index in [1.54, 1.807) is 42.5 Å². The van der Waals surface area contributed by atoms with Gasteiger partial charge in [0.25, 0.3) is 11.8 Å². The van der Waals surface area contributed by atoms with E-state index in [1.165, 1.54) is 0 Å². The van der Waals surface area contributed by atoms with Crippen LogP contribution in [0.3, 0.4) is 0 Å². The lowest BCUT2D eigenvalue weighted by Gasteiger charge is -2.01. The predicted octanol–water partition coefficient (Wildman–Crippen LogP) is 4.33. The Hall–Kier alpha value is -2.71. The van der Waals surface area contributed by atoms with Crippen molar-refractivity contribution in [3.63, 3.8) is 0 Å². The molecule has 1 heterocycles. The van der Waals surface area contributed by atoms with Crippen molar-refractivity contribution in [2.45, 2.75) is 0 Å². The number of benzene rings is 2. The van der Waals surface area contributed by atoms with Crippen LogP contribution < -0.4 is 5.32 Å². The van der Waals surface area contributed by atoms with Gasteiger partial charge in [-0.2, -0.15) is 0 Å². The number of hydrogen-bond donors (Lipinski definition) is 3. The number of rotatable bonds is 4. The van der Waals surface area contributed by atoms with Crippen molar-refractivity contribution in [3.05, 3.63) is 57.5 Å². The topological polar surface area (TPSA) is 107 Å². The van der Waals surface area contributed by atoms with E-state index in [0.717, 1.165) is 0 Å². The van der Waals surface area contributed by atoms with Crippen molar-refractivity contribution in [3.8, 4) is 5.88 Å². The van der Waals surface area contributed by atoms with Crippen LogP contribution >= 0.6 is 27.5 Å². The van der Waals surface area contributed by atoms with E-state index in [2.05, 4.69) is 36.5 Å². The third kappa shape index (κ3) is 3.92. The highest BCUT2D eigenvalue weighted by molar-refractivity contribution is 9.10. The summed E-state index contributed by atoms with van der Waals surface area (Å²) < 4.78 is 0.637. The third-order valence-electron chi connectivity index (χ3n) is 3.48. The van der Waals surface area contributed by atoms with Gasteiger partial charge in [-0.25, -0.2) is 0 Å². The number of hydrogen-bond acceptors (Lipinski definition) is 4. The molecule has 0 unspecified atom stereocenters. The molecule has 0 fully saturated rings. The number of amides is 2. The number of nitrogens with zero attached hydrogens (tertiary/aromatic N) is 2. The number of H-pyrrole nitrogens is 1. The molecule has 0 aliphatic heterocycles. The molecule has 0 saturated carbocycles. The lowest BCUT2D eigenvalue weighted by atomic mass is 10.2. The molecule has 0 atom stereocenters. The van der Waals surface area contributed by atoms with E-state index < -0.39 is 5.91 Å². The zero-order valence-electron chi connectivity index (χ0n) is 13.2. The molecule has 132 valence electrons. The van der Waals surface area contributed by atoms with Gasteiger partial charge in [-0.3, -0.25) is 9.59 Å². The molecule has 7 nitrogen and oxygen atoms in total. The average molecular weight is 436 g/mol. The third-order valence-corrected chi connectivity index (χ3v) is 4.32. The van der Waals surface area contributed by atoms with Gasteiger partial charge in [-0.15, -0.1) is 10.2 Å². The molecule has 0 radical (unpaired) electrons. The minimum Gasteiger partial charge on any atom is -0.493 e. The molecular weight excluding hydrogens is 424 g/mol. The van der Waals surface area contributed by atoms with Crippen LogP contribution in [0.1, 0.15) is 10.4 Å². The summed E-state index contributed by atoms with van der Waals surface area (Å²) in [6.45, 7) is -0.315. The van der Waals surface area contributed by atoms with Crippen molar-refractivity contribution in [2.24, 2.45) is 10.2 Å². The van der Waals surface area contributed by atoms with Crippen molar-refractivity contribution in [1.82, 2.24) is 10.3 Å². The Morgan fingerprint density at radius 1 is 1.23 bits per heavy atom. The SMILES string of the molecule is O=C(CNC(=O)c1ccccc1)N=Nc1c(O)[nH]c2c(Br)cc(Cl)cc12. The molecular formula is C17H12BrClN4O3. The van der Waals surface area contributed by atoms with Crippen LogP contribution in [0.5, 0.6) is 5.88 Å². The fraction of sp³-hybridized carbons (Fsp3) is 0.0588. The van der Waals surface area contributed by atoms with Gasteiger partial charge in [0, 0.05) is 20.4 Å². The molecule has 0 aliphatic carbocycles. The van der Waals surface area contributed by atoms with E-state index in [-0.39, 0.29) is 24.0 Å². The quantitative estimate of drug-likeness (QED) is 0.531. The van der Waals surface area contributed by atoms with E-state index in [4.69, 9.17) is 11.6 Å². The van der Waals surface area contributed by atoms with Crippen molar-refractivity contribution in [2.75, 3.05) is 6.54 Å². The van der Waals surface area contributed by atoms with Gasteiger partial charge >= 0.3 is 0 Å². The highest BCUT2D eigenvalue weighted by Gasteiger charge is 2.14. The van der Waals surface area contributed by atoms with Gasteiger partial charge in [0.05, 0.1) is 5.52 Å². The monoisotopic (exact) mass is 434 g/mol. The van der Waals surface area contributed by atoms with Crippen LogP contribution in [0.25, 0.3) is 10.9 Å². The highest BCUT2D eigenvalue weighted by Crippen LogP contribution is 2.40. The fourth-order valence-corrected chi connectivity index (χ4v) is 3.19. The molecule has 0 bridgehead atoms. The molecule has 3 aromatic rings. The maximum atomic E-state index is 11.9. The van der Waals surface area contributed by atoms with Crippen LogP contribution in [-0.4, -0.2) is 28.4 Å². The Morgan fingerprint density at radius 3 is 2.69 bits per heavy atom. The zero-order chi connectivity index (χ0) is 18.7. The highest BCUT2D eigenvalue weighted by atomic mass is 79.9. The molecule has 1 aromatic heterocycles. The van der Waals surface area contributed by atoms with Gasteiger partial charge in [-0.05, 0) is 40.2 Å². The summed E-state index contributed by atoms with van der Waals surface area (Å²) in [6.07, 6.45) is 0. The summed E-state index contributed by atoms with van der Waals surface area (Å²) in [4.78, 5) is 26.5. The van der Waals surface area contributed by atoms with Crippen molar-refractivity contribution in [1.29, 1.82) is 0 Å². The molecule has 2 amide bonds. The van der Waals surface area contributed by atoms with Gasteiger partial charge in [0.2, 0.25) is 5.88 Å². The first-order valence-corrected chi connectivity index (χ1v) is 8.60. The second kappa shape index (κ2) is 7.67. The summed E-state index contributed by atoms with van der Waals surface area (Å²) in [6, 6.07) is 11.7. The van der Waals surface area contributed by atoms with Crippen LogP contribution in [0.2, 0.25) is 5.02 Å². The van der Waals surface area contributed by atoms with Gasteiger partial charge in [-0.1, -0.05) is 29.8 Å². The number of nitrogens with one attached hydrogen (secondary N) is 2. The van der Waals surface area contributed by atoms with Crippen molar-refractivity contribution >= 4 is 55.9 Å².